The molecule has 0 radical (unpaired) electrons. The molecule has 0 spiro atoms. The fraction of sp³-hybridized carbons (Fsp3) is 0.500. The molecule has 0 unspecified atom stereocenters. The van der Waals surface area contributed by atoms with Gasteiger partial charge in [-0.15, -0.1) is 0 Å². The van der Waals surface area contributed by atoms with Crippen molar-refractivity contribution in [2.45, 2.75) is 26.4 Å². The molecule has 2 aliphatic heterocycles. The number of aryl methyl sites for hydroxylation is 1. The van der Waals surface area contributed by atoms with Crippen molar-refractivity contribution < 1.29 is 14.1 Å². The van der Waals surface area contributed by atoms with E-state index in [0.29, 0.717) is 11.8 Å². The van der Waals surface area contributed by atoms with E-state index in [9.17, 15) is 4.79 Å². The summed E-state index contributed by atoms with van der Waals surface area (Å²) in [5.74, 6) is 2.84. The Labute approximate surface area is 153 Å². The van der Waals surface area contributed by atoms with Gasteiger partial charge in [0.1, 0.15) is 5.75 Å². The Morgan fingerprint density at radius 1 is 1.27 bits per heavy atom. The number of likely N-dealkylation sites (tertiary alicyclic amines) is 2. The van der Waals surface area contributed by atoms with Crippen LogP contribution in [0.15, 0.2) is 34.9 Å². The number of aromatic nitrogens is 1. The normalized spacial score (nSPS) is 25.5. The minimum atomic E-state index is 0.130. The van der Waals surface area contributed by atoms with Crippen LogP contribution in [0.4, 0.5) is 0 Å². The Hall–Kier alpha value is -2.34. The van der Waals surface area contributed by atoms with Gasteiger partial charge < -0.3 is 14.2 Å². The number of hydrogen-bond acceptors (Lipinski definition) is 5. The van der Waals surface area contributed by atoms with Crippen LogP contribution in [0.5, 0.6) is 5.75 Å². The fourth-order valence-electron chi connectivity index (χ4n) is 4.53. The molecule has 26 heavy (non-hydrogen) atoms. The van der Waals surface area contributed by atoms with Crippen molar-refractivity contribution in [2.75, 3.05) is 26.7 Å². The number of rotatable bonds is 4. The van der Waals surface area contributed by atoms with Crippen LogP contribution in [-0.2, 0) is 11.3 Å². The summed E-state index contributed by atoms with van der Waals surface area (Å²) in [6, 6.07) is 10.3. The standard InChI is InChI=1S/C20H25N3O3/c1-13-8-18(26-21-13)11-22-9-16-10-23(14(2)24)20(19(16)12-22)15-4-6-17(25-3)7-5-15/h4-8,16,19-20H,9-12H2,1-3H3/t16-,19-,20+/m1/s1. The molecule has 2 fully saturated rings. The summed E-state index contributed by atoms with van der Waals surface area (Å²) in [5, 5.41) is 3.98. The first-order valence-corrected chi connectivity index (χ1v) is 9.11. The fourth-order valence-corrected chi connectivity index (χ4v) is 4.53. The van der Waals surface area contributed by atoms with Crippen molar-refractivity contribution in [3.05, 3.63) is 47.3 Å². The second kappa shape index (κ2) is 6.76. The summed E-state index contributed by atoms with van der Waals surface area (Å²) >= 11 is 0. The van der Waals surface area contributed by atoms with Gasteiger partial charge in [0.2, 0.25) is 5.91 Å². The van der Waals surface area contributed by atoms with Crippen molar-refractivity contribution >= 4 is 5.91 Å². The van der Waals surface area contributed by atoms with Crippen LogP contribution in [0.3, 0.4) is 0 Å². The van der Waals surface area contributed by atoms with E-state index in [-0.39, 0.29) is 11.9 Å². The van der Waals surface area contributed by atoms with Crippen LogP contribution in [0.1, 0.15) is 30.0 Å². The zero-order valence-electron chi connectivity index (χ0n) is 15.5. The molecule has 1 aromatic carbocycles. The van der Waals surface area contributed by atoms with Crippen molar-refractivity contribution in [3.63, 3.8) is 0 Å². The van der Waals surface area contributed by atoms with E-state index in [2.05, 4.69) is 22.2 Å². The molecular formula is C20H25N3O3. The van der Waals surface area contributed by atoms with E-state index in [1.165, 1.54) is 5.56 Å². The first-order chi connectivity index (χ1) is 12.5. The Kier molecular flexibility index (Phi) is 4.44. The summed E-state index contributed by atoms with van der Waals surface area (Å²) < 4.78 is 10.6. The molecule has 0 saturated carbocycles. The first kappa shape index (κ1) is 17.1. The van der Waals surface area contributed by atoms with E-state index in [1.807, 2.05) is 30.0 Å². The number of carbonyl (C=O) groups is 1. The topological polar surface area (TPSA) is 58.8 Å². The number of ether oxygens (including phenoxy) is 1. The molecule has 1 amide bonds. The van der Waals surface area contributed by atoms with Crippen LogP contribution >= 0.6 is 0 Å². The van der Waals surface area contributed by atoms with Crippen molar-refractivity contribution in [1.29, 1.82) is 0 Å². The maximum Gasteiger partial charge on any atom is 0.219 e. The molecule has 0 aliphatic carbocycles. The highest BCUT2D eigenvalue weighted by molar-refractivity contribution is 5.74. The Bertz CT molecular complexity index is 786. The third-order valence-corrected chi connectivity index (χ3v) is 5.66. The second-order valence-electron chi connectivity index (χ2n) is 7.44. The van der Waals surface area contributed by atoms with E-state index in [4.69, 9.17) is 9.26 Å². The monoisotopic (exact) mass is 355 g/mol. The minimum absolute atomic E-state index is 0.130. The average Bonchev–Trinajstić information content (AvgIpc) is 3.29. The maximum absolute atomic E-state index is 12.2. The van der Waals surface area contributed by atoms with Gasteiger partial charge in [-0.05, 0) is 30.5 Å². The lowest BCUT2D eigenvalue weighted by Gasteiger charge is -2.29. The highest BCUT2D eigenvalue weighted by Gasteiger charge is 2.48. The molecule has 2 aliphatic rings. The highest BCUT2D eigenvalue weighted by atomic mass is 16.5. The Balaban J connectivity index is 1.54. The van der Waals surface area contributed by atoms with Gasteiger partial charge in [-0.2, -0.15) is 0 Å². The summed E-state index contributed by atoms with van der Waals surface area (Å²) in [7, 11) is 1.67. The molecule has 4 rings (SSSR count). The lowest BCUT2D eigenvalue weighted by Crippen LogP contribution is -2.34. The second-order valence-corrected chi connectivity index (χ2v) is 7.44. The van der Waals surface area contributed by atoms with Crippen LogP contribution in [-0.4, -0.2) is 47.6 Å². The summed E-state index contributed by atoms with van der Waals surface area (Å²) in [5.41, 5.74) is 2.10. The molecule has 2 aromatic rings. The van der Waals surface area contributed by atoms with Gasteiger partial charge in [0.05, 0.1) is 25.4 Å². The Morgan fingerprint density at radius 3 is 2.65 bits per heavy atom. The number of nitrogens with zero attached hydrogens (tertiary/aromatic N) is 3. The van der Waals surface area contributed by atoms with Crippen molar-refractivity contribution in [3.8, 4) is 5.75 Å². The molecular weight excluding hydrogens is 330 g/mol. The molecule has 3 atom stereocenters. The van der Waals surface area contributed by atoms with Crippen LogP contribution < -0.4 is 4.74 Å². The molecule has 0 N–H and O–H groups in total. The number of benzene rings is 1. The van der Waals surface area contributed by atoms with Crippen molar-refractivity contribution in [1.82, 2.24) is 15.0 Å². The largest absolute Gasteiger partial charge is 0.497 e. The highest BCUT2D eigenvalue weighted by Crippen LogP contribution is 2.45. The van der Waals surface area contributed by atoms with Crippen LogP contribution in [0, 0.1) is 18.8 Å². The van der Waals surface area contributed by atoms with Crippen molar-refractivity contribution in [2.24, 2.45) is 11.8 Å². The summed E-state index contributed by atoms with van der Waals surface area (Å²) in [6.45, 7) is 7.17. The van der Waals surface area contributed by atoms with Gasteiger partial charge >= 0.3 is 0 Å². The lowest BCUT2D eigenvalue weighted by atomic mass is 9.89. The van der Waals surface area contributed by atoms with Gasteiger partial charge in [0, 0.05) is 38.5 Å². The summed E-state index contributed by atoms with van der Waals surface area (Å²) in [4.78, 5) is 16.7. The molecule has 0 bridgehead atoms. The smallest absolute Gasteiger partial charge is 0.219 e. The molecule has 138 valence electrons. The number of methoxy groups -OCH3 is 1. The predicted molar refractivity (Wildman–Crippen MR) is 96.6 cm³/mol. The van der Waals surface area contributed by atoms with Gasteiger partial charge in [-0.25, -0.2) is 0 Å². The lowest BCUT2D eigenvalue weighted by molar-refractivity contribution is -0.130. The molecule has 6 heteroatoms. The molecule has 2 saturated heterocycles. The number of amides is 1. The minimum Gasteiger partial charge on any atom is -0.497 e. The maximum atomic E-state index is 12.2. The van der Waals surface area contributed by atoms with Gasteiger partial charge in [0.15, 0.2) is 5.76 Å². The van der Waals surface area contributed by atoms with Crippen LogP contribution in [0.25, 0.3) is 0 Å². The molecule has 6 nitrogen and oxygen atoms in total. The van der Waals surface area contributed by atoms with E-state index >= 15 is 0 Å². The number of carbonyl (C=O) groups excluding carboxylic acids is 1. The van der Waals surface area contributed by atoms with E-state index in [0.717, 1.165) is 43.4 Å². The number of hydrogen-bond donors (Lipinski definition) is 0. The van der Waals surface area contributed by atoms with Gasteiger partial charge in [0.25, 0.3) is 0 Å². The summed E-state index contributed by atoms with van der Waals surface area (Å²) in [6.07, 6.45) is 0. The van der Waals surface area contributed by atoms with E-state index in [1.54, 1.807) is 14.0 Å². The SMILES string of the molecule is COc1ccc([C@H]2[C@@H]3CN(Cc4cc(C)no4)C[C@@H]3CN2C(C)=O)cc1. The average molecular weight is 355 g/mol. The van der Waals surface area contributed by atoms with E-state index < -0.39 is 0 Å². The number of fused-ring (bicyclic) bond motifs is 1. The zero-order chi connectivity index (χ0) is 18.3. The van der Waals surface area contributed by atoms with Gasteiger partial charge in [-0.1, -0.05) is 17.3 Å². The van der Waals surface area contributed by atoms with Gasteiger partial charge in [-0.3, -0.25) is 9.69 Å². The third kappa shape index (κ3) is 3.09. The molecule has 3 heterocycles. The third-order valence-electron chi connectivity index (χ3n) is 5.66. The molecule has 1 aromatic heterocycles. The predicted octanol–water partition coefficient (Wildman–Crippen LogP) is 2.64. The Morgan fingerprint density at radius 2 is 2.04 bits per heavy atom. The quantitative estimate of drug-likeness (QED) is 0.844. The van der Waals surface area contributed by atoms with Crippen LogP contribution in [0.2, 0.25) is 0 Å². The zero-order valence-corrected chi connectivity index (χ0v) is 15.5. The first-order valence-electron chi connectivity index (χ1n) is 9.11.